The topological polar surface area (TPSA) is 86.2 Å². The third-order valence-corrected chi connectivity index (χ3v) is 4.73. The highest BCUT2D eigenvalue weighted by molar-refractivity contribution is 6.07. The van der Waals surface area contributed by atoms with Gasteiger partial charge in [-0.3, -0.25) is 9.78 Å². The van der Waals surface area contributed by atoms with Crippen LogP contribution in [-0.4, -0.2) is 41.2 Å². The number of nitrogens with one attached hydrogen (secondary N) is 1. The molecule has 156 valence electrons. The van der Waals surface area contributed by atoms with E-state index < -0.39 is 0 Å². The molecule has 7 nitrogen and oxygen atoms in total. The molecule has 0 fully saturated rings. The highest BCUT2D eigenvalue weighted by Crippen LogP contribution is 2.24. The van der Waals surface area contributed by atoms with Crippen molar-refractivity contribution >= 4 is 16.8 Å². The molecular formula is C24H22N4O3. The molecule has 0 radical (unpaired) electrons. The largest absolute Gasteiger partial charge is 0.475 e. The molecule has 4 aromatic rings. The monoisotopic (exact) mass is 414 g/mol. The predicted molar refractivity (Wildman–Crippen MR) is 118 cm³/mol. The molecule has 0 bridgehead atoms. The van der Waals surface area contributed by atoms with Gasteiger partial charge < -0.3 is 14.8 Å². The van der Waals surface area contributed by atoms with Gasteiger partial charge in [0.25, 0.3) is 5.91 Å². The molecule has 3 heterocycles. The summed E-state index contributed by atoms with van der Waals surface area (Å²) in [7, 11) is 1.61. The molecule has 0 spiro atoms. The van der Waals surface area contributed by atoms with Gasteiger partial charge in [-0.25, -0.2) is 9.97 Å². The van der Waals surface area contributed by atoms with Crippen molar-refractivity contribution in [3.63, 3.8) is 0 Å². The minimum absolute atomic E-state index is 0.199. The molecule has 0 atom stereocenters. The first-order valence-corrected chi connectivity index (χ1v) is 9.90. The number of carbonyl (C=O) groups is 1. The Bertz CT molecular complexity index is 1180. The van der Waals surface area contributed by atoms with Gasteiger partial charge in [0.1, 0.15) is 6.61 Å². The molecule has 0 saturated carbocycles. The summed E-state index contributed by atoms with van der Waals surface area (Å²) in [6, 6.07) is 16.9. The lowest BCUT2D eigenvalue weighted by atomic mass is 10.0. The Labute approximate surface area is 180 Å². The smallest absolute Gasteiger partial charge is 0.252 e. The van der Waals surface area contributed by atoms with E-state index in [0.717, 1.165) is 22.0 Å². The lowest BCUT2D eigenvalue weighted by Crippen LogP contribution is -2.24. The molecule has 4 rings (SSSR count). The molecule has 1 N–H and O–H groups in total. The third kappa shape index (κ3) is 4.84. The van der Waals surface area contributed by atoms with Gasteiger partial charge in [-0.15, -0.1) is 0 Å². The number of pyridine rings is 3. The van der Waals surface area contributed by atoms with Crippen molar-refractivity contribution in [2.45, 2.75) is 6.54 Å². The predicted octanol–water partition coefficient (Wildman–Crippen LogP) is 3.65. The van der Waals surface area contributed by atoms with Gasteiger partial charge in [-0.2, -0.15) is 0 Å². The molecule has 0 aliphatic heterocycles. The van der Waals surface area contributed by atoms with E-state index in [9.17, 15) is 4.79 Å². The average molecular weight is 414 g/mol. The van der Waals surface area contributed by atoms with Crippen LogP contribution in [0.2, 0.25) is 0 Å². The fourth-order valence-electron chi connectivity index (χ4n) is 3.21. The normalized spacial score (nSPS) is 10.7. The Morgan fingerprint density at radius 3 is 2.74 bits per heavy atom. The summed E-state index contributed by atoms with van der Waals surface area (Å²) < 4.78 is 10.7. The van der Waals surface area contributed by atoms with Gasteiger partial charge in [0.15, 0.2) is 0 Å². The molecule has 3 aromatic heterocycles. The molecule has 1 amide bonds. The second-order valence-electron chi connectivity index (χ2n) is 6.81. The Kier molecular flexibility index (Phi) is 6.44. The standard InChI is InChI=1S/C24H22N4O3/c1-30-12-13-31-24-18(7-5-11-26-24)16-27-23(29)20-14-22(17-6-4-10-25-15-17)28-21-9-3-2-8-19(20)21/h2-11,14-15H,12-13,16H2,1H3,(H,27,29). The number of rotatable bonds is 8. The van der Waals surface area contributed by atoms with Crippen LogP contribution in [0.4, 0.5) is 0 Å². The summed E-state index contributed by atoms with van der Waals surface area (Å²) in [5, 5.41) is 3.77. The number of methoxy groups -OCH3 is 1. The van der Waals surface area contributed by atoms with Crippen molar-refractivity contribution in [1.82, 2.24) is 20.3 Å². The summed E-state index contributed by atoms with van der Waals surface area (Å²) >= 11 is 0. The van der Waals surface area contributed by atoms with Gasteiger partial charge >= 0.3 is 0 Å². The average Bonchev–Trinajstić information content (AvgIpc) is 2.83. The van der Waals surface area contributed by atoms with Crippen molar-refractivity contribution in [3.05, 3.63) is 84.3 Å². The van der Waals surface area contributed by atoms with E-state index in [0.29, 0.717) is 30.4 Å². The van der Waals surface area contributed by atoms with Crippen molar-refractivity contribution in [1.29, 1.82) is 0 Å². The zero-order chi connectivity index (χ0) is 21.5. The highest BCUT2D eigenvalue weighted by atomic mass is 16.5. The molecule has 1 aromatic carbocycles. The molecule has 0 aliphatic rings. The molecule has 0 aliphatic carbocycles. The van der Waals surface area contributed by atoms with Crippen LogP contribution in [0.3, 0.4) is 0 Å². The summed E-state index contributed by atoms with van der Waals surface area (Å²) in [6.45, 7) is 1.13. The number of carbonyl (C=O) groups excluding carboxylic acids is 1. The van der Waals surface area contributed by atoms with Crippen molar-refractivity contribution < 1.29 is 14.3 Å². The van der Waals surface area contributed by atoms with Gasteiger partial charge in [-0.1, -0.05) is 24.3 Å². The Balaban J connectivity index is 1.60. The minimum atomic E-state index is -0.199. The number of para-hydroxylation sites is 1. The molecule has 31 heavy (non-hydrogen) atoms. The van der Waals surface area contributed by atoms with Crippen LogP contribution in [0.25, 0.3) is 22.2 Å². The Hall–Kier alpha value is -3.84. The van der Waals surface area contributed by atoms with Crippen LogP contribution < -0.4 is 10.1 Å². The summed E-state index contributed by atoms with van der Waals surface area (Å²) in [6.07, 6.45) is 5.10. The second kappa shape index (κ2) is 9.77. The summed E-state index contributed by atoms with van der Waals surface area (Å²) in [5.41, 5.74) is 3.64. The van der Waals surface area contributed by atoms with Gasteiger partial charge in [0.2, 0.25) is 5.88 Å². The Morgan fingerprint density at radius 1 is 1.03 bits per heavy atom. The molecular weight excluding hydrogens is 392 g/mol. The number of amides is 1. The molecule has 7 heteroatoms. The van der Waals surface area contributed by atoms with Gasteiger partial charge in [-0.05, 0) is 30.3 Å². The van der Waals surface area contributed by atoms with Crippen LogP contribution in [0.5, 0.6) is 5.88 Å². The molecule has 0 saturated heterocycles. The summed E-state index contributed by atoms with van der Waals surface area (Å²) in [4.78, 5) is 26.3. The minimum Gasteiger partial charge on any atom is -0.475 e. The van der Waals surface area contributed by atoms with Crippen molar-refractivity contribution in [2.75, 3.05) is 20.3 Å². The van der Waals surface area contributed by atoms with Gasteiger partial charge in [0.05, 0.1) is 23.4 Å². The quantitative estimate of drug-likeness (QED) is 0.443. The fraction of sp³-hybridized carbons (Fsp3) is 0.167. The number of aromatic nitrogens is 3. The number of nitrogens with zero attached hydrogens (tertiary/aromatic N) is 3. The van der Waals surface area contributed by atoms with Gasteiger partial charge in [0, 0.05) is 48.8 Å². The van der Waals surface area contributed by atoms with Crippen LogP contribution in [0.1, 0.15) is 15.9 Å². The van der Waals surface area contributed by atoms with E-state index in [2.05, 4.69) is 15.3 Å². The fourth-order valence-corrected chi connectivity index (χ4v) is 3.21. The highest BCUT2D eigenvalue weighted by Gasteiger charge is 2.15. The van der Waals surface area contributed by atoms with E-state index in [-0.39, 0.29) is 12.5 Å². The first kappa shape index (κ1) is 20.4. The van der Waals surface area contributed by atoms with E-state index >= 15 is 0 Å². The van der Waals surface area contributed by atoms with Crippen molar-refractivity contribution in [2.24, 2.45) is 0 Å². The SMILES string of the molecule is COCCOc1ncccc1CNC(=O)c1cc(-c2cccnc2)nc2ccccc12. The van der Waals surface area contributed by atoms with E-state index in [1.165, 1.54) is 0 Å². The first-order valence-electron chi connectivity index (χ1n) is 9.90. The van der Waals surface area contributed by atoms with E-state index in [4.69, 9.17) is 14.5 Å². The number of benzene rings is 1. The van der Waals surface area contributed by atoms with Crippen LogP contribution >= 0.6 is 0 Å². The maximum absolute atomic E-state index is 13.2. The number of hydrogen-bond acceptors (Lipinski definition) is 6. The second-order valence-corrected chi connectivity index (χ2v) is 6.81. The number of hydrogen-bond donors (Lipinski definition) is 1. The maximum Gasteiger partial charge on any atom is 0.252 e. The summed E-state index contributed by atoms with van der Waals surface area (Å²) in [5.74, 6) is 0.283. The van der Waals surface area contributed by atoms with E-state index in [1.807, 2.05) is 48.5 Å². The number of ether oxygens (including phenoxy) is 2. The Morgan fingerprint density at radius 2 is 1.90 bits per heavy atom. The number of fused-ring (bicyclic) bond motifs is 1. The van der Waals surface area contributed by atoms with Crippen LogP contribution in [0, 0.1) is 0 Å². The lowest BCUT2D eigenvalue weighted by molar-refractivity contribution is 0.0951. The zero-order valence-corrected chi connectivity index (χ0v) is 17.1. The van der Waals surface area contributed by atoms with Crippen LogP contribution in [0.15, 0.2) is 73.2 Å². The molecule has 0 unspecified atom stereocenters. The van der Waals surface area contributed by atoms with Crippen molar-refractivity contribution in [3.8, 4) is 17.1 Å². The first-order chi connectivity index (χ1) is 15.3. The third-order valence-electron chi connectivity index (χ3n) is 4.73. The lowest BCUT2D eigenvalue weighted by Gasteiger charge is -2.12. The maximum atomic E-state index is 13.2. The van der Waals surface area contributed by atoms with E-state index in [1.54, 1.807) is 31.8 Å². The zero-order valence-electron chi connectivity index (χ0n) is 17.1. The van der Waals surface area contributed by atoms with Crippen LogP contribution in [-0.2, 0) is 11.3 Å².